The van der Waals surface area contributed by atoms with Gasteiger partial charge in [-0.05, 0) is 37.2 Å². The lowest BCUT2D eigenvalue weighted by atomic mass is 9.91. The number of rotatable bonds is 11. The van der Waals surface area contributed by atoms with Gasteiger partial charge in [0.2, 0.25) is 0 Å². The van der Waals surface area contributed by atoms with Gasteiger partial charge in [0.15, 0.2) is 0 Å². The lowest BCUT2D eigenvalue weighted by Crippen LogP contribution is -2.51. The van der Waals surface area contributed by atoms with Crippen LogP contribution in [0, 0.1) is 0 Å². The Labute approximate surface area is 112 Å². The third-order valence-electron chi connectivity index (χ3n) is 3.16. The molecular formula is C14H31NOS. The predicted octanol–water partition coefficient (Wildman–Crippen LogP) is 3.44. The van der Waals surface area contributed by atoms with Gasteiger partial charge in [0.1, 0.15) is 0 Å². The van der Waals surface area contributed by atoms with Crippen LogP contribution < -0.4 is 5.32 Å². The lowest BCUT2D eigenvalue weighted by Gasteiger charge is -2.34. The zero-order valence-corrected chi connectivity index (χ0v) is 12.9. The summed E-state index contributed by atoms with van der Waals surface area (Å²) < 4.78 is 0. The van der Waals surface area contributed by atoms with Crippen molar-refractivity contribution in [3.8, 4) is 0 Å². The van der Waals surface area contributed by atoms with Gasteiger partial charge in [-0.3, -0.25) is 0 Å². The van der Waals surface area contributed by atoms with Gasteiger partial charge in [-0.1, -0.05) is 34.1 Å². The van der Waals surface area contributed by atoms with Crippen molar-refractivity contribution in [2.24, 2.45) is 0 Å². The summed E-state index contributed by atoms with van der Waals surface area (Å²) in [4.78, 5) is 0. The molecule has 0 aromatic carbocycles. The van der Waals surface area contributed by atoms with Gasteiger partial charge >= 0.3 is 0 Å². The molecule has 104 valence electrons. The van der Waals surface area contributed by atoms with Gasteiger partial charge in [0.25, 0.3) is 0 Å². The zero-order chi connectivity index (χ0) is 13.1. The molecule has 1 atom stereocenters. The van der Waals surface area contributed by atoms with Crippen molar-refractivity contribution in [3.05, 3.63) is 0 Å². The van der Waals surface area contributed by atoms with E-state index in [1.807, 2.05) is 11.8 Å². The number of hydrogen-bond donors (Lipinski definition) is 2. The first-order chi connectivity index (χ1) is 8.10. The van der Waals surface area contributed by atoms with E-state index in [0.717, 1.165) is 12.8 Å². The molecule has 0 fully saturated rings. The van der Waals surface area contributed by atoms with Gasteiger partial charge in [-0.25, -0.2) is 0 Å². The molecule has 0 aromatic heterocycles. The smallest absolute Gasteiger partial charge is 0.0613 e. The summed E-state index contributed by atoms with van der Waals surface area (Å²) in [5, 5.41) is 13.1. The minimum atomic E-state index is -0.0561. The van der Waals surface area contributed by atoms with E-state index in [4.69, 9.17) is 0 Å². The number of unbranched alkanes of at least 4 members (excludes halogenated alkanes) is 1. The molecule has 0 radical (unpaired) electrons. The fraction of sp³-hybridized carbons (Fsp3) is 1.00. The van der Waals surface area contributed by atoms with E-state index in [1.165, 1.54) is 30.8 Å². The van der Waals surface area contributed by atoms with Crippen LogP contribution in [-0.4, -0.2) is 34.8 Å². The van der Waals surface area contributed by atoms with Crippen LogP contribution in [0.2, 0.25) is 0 Å². The van der Waals surface area contributed by atoms with E-state index in [2.05, 4.69) is 33.0 Å². The van der Waals surface area contributed by atoms with Crippen LogP contribution in [-0.2, 0) is 0 Å². The summed E-state index contributed by atoms with van der Waals surface area (Å²) in [6.07, 6.45) is 5.90. The summed E-state index contributed by atoms with van der Waals surface area (Å²) in [7, 11) is 0. The maximum atomic E-state index is 9.60. The number of thioether (sulfide) groups is 1. The number of hydrogen-bond acceptors (Lipinski definition) is 3. The second-order valence-corrected chi connectivity index (χ2v) is 6.39. The maximum absolute atomic E-state index is 9.60. The van der Waals surface area contributed by atoms with Crippen LogP contribution in [0.15, 0.2) is 0 Å². The van der Waals surface area contributed by atoms with E-state index in [-0.39, 0.29) is 12.1 Å². The highest BCUT2D eigenvalue weighted by Crippen LogP contribution is 2.20. The first-order valence-electron chi connectivity index (χ1n) is 7.06. The molecule has 1 unspecified atom stereocenters. The Hall–Kier alpha value is 0.270. The molecule has 0 saturated heterocycles. The summed E-state index contributed by atoms with van der Waals surface area (Å²) in [6.45, 7) is 8.95. The Morgan fingerprint density at radius 3 is 2.29 bits per heavy atom. The van der Waals surface area contributed by atoms with Crippen molar-refractivity contribution < 1.29 is 5.11 Å². The number of aliphatic hydroxyl groups excluding tert-OH is 1. The molecular weight excluding hydrogens is 230 g/mol. The highest BCUT2D eigenvalue weighted by molar-refractivity contribution is 7.99. The largest absolute Gasteiger partial charge is 0.394 e. The highest BCUT2D eigenvalue weighted by Gasteiger charge is 2.26. The first kappa shape index (κ1) is 17.3. The molecule has 0 heterocycles. The Morgan fingerprint density at radius 2 is 1.82 bits per heavy atom. The van der Waals surface area contributed by atoms with E-state index >= 15 is 0 Å². The van der Waals surface area contributed by atoms with Gasteiger partial charge in [0.05, 0.1) is 6.61 Å². The second kappa shape index (κ2) is 10.2. The summed E-state index contributed by atoms with van der Waals surface area (Å²) in [5.41, 5.74) is -0.0561. The average Bonchev–Trinajstić information content (AvgIpc) is 2.31. The fourth-order valence-electron chi connectivity index (χ4n) is 2.06. The summed E-state index contributed by atoms with van der Waals surface area (Å²) in [5.74, 6) is 2.51. The van der Waals surface area contributed by atoms with Gasteiger partial charge in [-0.15, -0.1) is 0 Å². The van der Waals surface area contributed by atoms with Crippen molar-refractivity contribution in [1.29, 1.82) is 0 Å². The lowest BCUT2D eigenvalue weighted by molar-refractivity contribution is 0.137. The van der Waals surface area contributed by atoms with Gasteiger partial charge < -0.3 is 10.4 Å². The molecule has 0 aliphatic rings. The van der Waals surface area contributed by atoms with Crippen molar-refractivity contribution in [1.82, 2.24) is 5.32 Å². The molecule has 0 aliphatic heterocycles. The molecule has 0 rings (SSSR count). The molecule has 0 amide bonds. The van der Waals surface area contributed by atoms with Crippen molar-refractivity contribution in [2.75, 3.05) is 18.1 Å². The molecule has 0 aromatic rings. The topological polar surface area (TPSA) is 32.3 Å². The summed E-state index contributed by atoms with van der Waals surface area (Å²) in [6, 6.07) is 0.440. The molecule has 17 heavy (non-hydrogen) atoms. The van der Waals surface area contributed by atoms with Crippen LogP contribution in [0.3, 0.4) is 0 Å². The number of nitrogens with one attached hydrogen (secondary N) is 1. The van der Waals surface area contributed by atoms with Crippen molar-refractivity contribution >= 4 is 11.8 Å². The predicted molar refractivity (Wildman–Crippen MR) is 79.8 cm³/mol. The molecule has 0 spiro atoms. The minimum Gasteiger partial charge on any atom is -0.394 e. The second-order valence-electron chi connectivity index (χ2n) is 5.16. The normalized spacial score (nSPS) is 15.2. The van der Waals surface area contributed by atoms with E-state index < -0.39 is 0 Å². The van der Waals surface area contributed by atoms with Crippen LogP contribution >= 0.6 is 11.8 Å². The van der Waals surface area contributed by atoms with E-state index in [0.29, 0.717) is 6.04 Å². The standard InChI is InChI=1S/C14H31NOS/c1-5-7-10-17-11-8-9-14(6-2,12-16)15-13(3)4/h13,15-16H,5-12H2,1-4H3. The Bertz CT molecular complexity index is 170. The minimum absolute atomic E-state index is 0.0561. The SMILES string of the molecule is CCCCSCCCC(CC)(CO)NC(C)C. The highest BCUT2D eigenvalue weighted by atomic mass is 32.2. The average molecular weight is 261 g/mol. The Morgan fingerprint density at radius 1 is 1.18 bits per heavy atom. The number of aliphatic hydroxyl groups is 1. The van der Waals surface area contributed by atoms with E-state index in [9.17, 15) is 5.11 Å². The van der Waals surface area contributed by atoms with Crippen LogP contribution in [0.4, 0.5) is 0 Å². The fourth-order valence-corrected chi connectivity index (χ4v) is 3.11. The molecule has 0 bridgehead atoms. The van der Waals surface area contributed by atoms with Crippen molar-refractivity contribution in [2.45, 2.75) is 71.4 Å². The van der Waals surface area contributed by atoms with E-state index in [1.54, 1.807) is 0 Å². The Balaban J connectivity index is 3.84. The Kier molecular flexibility index (Phi) is 10.4. The molecule has 2 N–H and O–H groups in total. The van der Waals surface area contributed by atoms with Crippen LogP contribution in [0.25, 0.3) is 0 Å². The third kappa shape index (κ3) is 8.06. The van der Waals surface area contributed by atoms with Crippen LogP contribution in [0.1, 0.15) is 59.8 Å². The molecule has 3 heteroatoms. The van der Waals surface area contributed by atoms with Crippen molar-refractivity contribution in [3.63, 3.8) is 0 Å². The van der Waals surface area contributed by atoms with Gasteiger partial charge in [-0.2, -0.15) is 11.8 Å². The quantitative estimate of drug-likeness (QED) is 0.559. The zero-order valence-electron chi connectivity index (χ0n) is 12.1. The van der Waals surface area contributed by atoms with Crippen LogP contribution in [0.5, 0.6) is 0 Å². The summed E-state index contributed by atoms with van der Waals surface area (Å²) >= 11 is 2.05. The monoisotopic (exact) mass is 261 g/mol. The first-order valence-corrected chi connectivity index (χ1v) is 8.22. The molecule has 0 aliphatic carbocycles. The third-order valence-corrected chi connectivity index (χ3v) is 4.32. The maximum Gasteiger partial charge on any atom is 0.0613 e. The molecule has 0 saturated carbocycles. The molecule has 2 nitrogen and oxygen atoms in total. The van der Waals surface area contributed by atoms with Gasteiger partial charge in [0, 0.05) is 11.6 Å².